The predicted molar refractivity (Wildman–Crippen MR) is 85.3 cm³/mol. The van der Waals surface area contributed by atoms with Gasteiger partial charge in [-0.1, -0.05) is 13.8 Å². The Morgan fingerprint density at radius 1 is 1.43 bits per heavy atom. The first kappa shape index (κ1) is 15.5. The van der Waals surface area contributed by atoms with E-state index < -0.39 is 5.97 Å². The van der Waals surface area contributed by atoms with Gasteiger partial charge in [0.05, 0.1) is 0 Å². The molecule has 0 spiro atoms. The lowest BCUT2D eigenvalue weighted by Gasteiger charge is -2.39. The molecule has 2 rings (SSSR count). The van der Waals surface area contributed by atoms with Crippen molar-refractivity contribution in [1.82, 2.24) is 4.98 Å². The first-order valence-corrected chi connectivity index (χ1v) is 7.48. The summed E-state index contributed by atoms with van der Waals surface area (Å²) in [6, 6.07) is 4.22. The van der Waals surface area contributed by atoms with Crippen molar-refractivity contribution in [2.75, 3.05) is 11.9 Å². The van der Waals surface area contributed by atoms with Crippen LogP contribution in [0.15, 0.2) is 24.4 Å². The number of aliphatic carboxylic acids is 1. The summed E-state index contributed by atoms with van der Waals surface area (Å²) in [6.07, 6.45) is 9.29. The van der Waals surface area contributed by atoms with Crippen molar-refractivity contribution in [3.8, 4) is 0 Å². The molecule has 0 bridgehead atoms. The lowest BCUT2D eigenvalue weighted by molar-refractivity contribution is -0.131. The Hall–Kier alpha value is -1.84. The van der Waals surface area contributed by atoms with Gasteiger partial charge in [0.2, 0.25) is 0 Å². The number of carboxylic acids is 1. The number of aromatic nitrogens is 1. The van der Waals surface area contributed by atoms with Crippen LogP contribution < -0.4 is 4.90 Å². The van der Waals surface area contributed by atoms with Gasteiger partial charge in [0.15, 0.2) is 0 Å². The minimum Gasteiger partial charge on any atom is -0.478 e. The van der Waals surface area contributed by atoms with Crippen LogP contribution in [0.5, 0.6) is 0 Å². The maximum absolute atomic E-state index is 10.7. The Labute approximate surface area is 126 Å². The van der Waals surface area contributed by atoms with Crippen molar-refractivity contribution in [1.29, 1.82) is 0 Å². The molecular weight excluding hydrogens is 264 g/mol. The molecule has 4 nitrogen and oxygen atoms in total. The molecule has 0 unspecified atom stereocenters. The van der Waals surface area contributed by atoms with Crippen LogP contribution in [0.4, 0.5) is 5.82 Å². The fraction of sp³-hybridized carbons (Fsp3) is 0.529. The van der Waals surface area contributed by atoms with Crippen molar-refractivity contribution in [3.63, 3.8) is 0 Å². The van der Waals surface area contributed by atoms with Gasteiger partial charge in [-0.2, -0.15) is 0 Å². The Morgan fingerprint density at radius 2 is 2.10 bits per heavy atom. The average Bonchev–Trinajstić information content (AvgIpc) is 2.44. The molecule has 1 aliphatic carbocycles. The van der Waals surface area contributed by atoms with Gasteiger partial charge in [-0.15, -0.1) is 0 Å². The third-order valence-electron chi connectivity index (χ3n) is 4.41. The average molecular weight is 288 g/mol. The zero-order valence-electron chi connectivity index (χ0n) is 13.0. The van der Waals surface area contributed by atoms with Crippen LogP contribution in [0, 0.1) is 5.41 Å². The van der Waals surface area contributed by atoms with E-state index in [4.69, 9.17) is 5.11 Å². The van der Waals surface area contributed by atoms with Crippen LogP contribution in [0.25, 0.3) is 6.08 Å². The van der Waals surface area contributed by atoms with Crippen LogP contribution in [-0.4, -0.2) is 29.1 Å². The van der Waals surface area contributed by atoms with Gasteiger partial charge in [-0.3, -0.25) is 0 Å². The summed E-state index contributed by atoms with van der Waals surface area (Å²) in [7, 11) is 2.06. The predicted octanol–water partition coefficient (Wildman–Crippen LogP) is 3.58. The van der Waals surface area contributed by atoms with Gasteiger partial charge < -0.3 is 10.0 Å². The molecule has 0 amide bonds. The standard InChI is InChI=1S/C17H24N2O2/c1-17(2)10-8-14(9-11-17)19(3)16-13(5-4-12-18-16)6-7-15(20)21/h4-7,12,14H,8-11H2,1-3H3,(H,20,21)/b7-6+. The second-order valence-corrected chi connectivity index (χ2v) is 6.59. The molecule has 114 valence electrons. The number of pyridine rings is 1. The highest BCUT2D eigenvalue weighted by Crippen LogP contribution is 2.37. The number of nitrogens with zero attached hydrogens (tertiary/aromatic N) is 2. The highest BCUT2D eigenvalue weighted by Gasteiger charge is 2.29. The van der Waals surface area contributed by atoms with E-state index in [0.717, 1.165) is 24.2 Å². The van der Waals surface area contributed by atoms with Crippen molar-refractivity contribution >= 4 is 17.9 Å². The fourth-order valence-corrected chi connectivity index (χ4v) is 2.94. The molecule has 0 radical (unpaired) electrons. The van der Waals surface area contributed by atoms with Gasteiger partial charge in [0.1, 0.15) is 5.82 Å². The summed E-state index contributed by atoms with van der Waals surface area (Å²) in [5.74, 6) is -0.0772. The topological polar surface area (TPSA) is 53.4 Å². The van der Waals surface area contributed by atoms with E-state index in [1.165, 1.54) is 18.9 Å². The summed E-state index contributed by atoms with van der Waals surface area (Å²) in [5.41, 5.74) is 1.29. The van der Waals surface area contributed by atoms with Crippen molar-refractivity contribution < 1.29 is 9.90 Å². The number of hydrogen-bond acceptors (Lipinski definition) is 3. The van der Waals surface area contributed by atoms with Gasteiger partial charge in [0.25, 0.3) is 0 Å². The first-order chi connectivity index (χ1) is 9.89. The van der Waals surface area contributed by atoms with Crippen molar-refractivity contribution in [2.24, 2.45) is 5.41 Å². The van der Waals surface area contributed by atoms with Gasteiger partial charge >= 0.3 is 5.97 Å². The van der Waals surface area contributed by atoms with Crippen molar-refractivity contribution in [3.05, 3.63) is 30.0 Å². The first-order valence-electron chi connectivity index (χ1n) is 7.48. The number of carboxylic acid groups (broad SMARTS) is 1. The van der Waals surface area contributed by atoms with Crippen LogP contribution in [0.3, 0.4) is 0 Å². The molecule has 1 heterocycles. The molecule has 0 atom stereocenters. The van der Waals surface area contributed by atoms with Crippen LogP contribution in [0.2, 0.25) is 0 Å². The molecule has 1 fully saturated rings. The Bertz CT molecular complexity index is 527. The van der Waals surface area contributed by atoms with E-state index >= 15 is 0 Å². The molecular formula is C17H24N2O2. The second-order valence-electron chi connectivity index (χ2n) is 6.59. The van der Waals surface area contributed by atoms with Crippen molar-refractivity contribution in [2.45, 2.75) is 45.6 Å². The molecule has 21 heavy (non-hydrogen) atoms. The maximum Gasteiger partial charge on any atom is 0.328 e. The van der Waals surface area contributed by atoms with E-state index in [2.05, 4.69) is 30.8 Å². The summed E-state index contributed by atoms with van der Waals surface area (Å²) < 4.78 is 0. The lowest BCUT2D eigenvalue weighted by Crippen LogP contribution is -2.38. The zero-order chi connectivity index (χ0) is 15.5. The SMILES string of the molecule is CN(c1ncccc1/C=C/C(=O)O)C1CCC(C)(C)CC1. The minimum absolute atomic E-state index is 0.438. The maximum atomic E-state index is 10.7. The summed E-state index contributed by atoms with van der Waals surface area (Å²) in [4.78, 5) is 17.4. The highest BCUT2D eigenvalue weighted by molar-refractivity contribution is 5.86. The van der Waals surface area contributed by atoms with Crippen LogP contribution in [-0.2, 0) is 4.79 Å². The molecule has 0 aromatic carbocycles. The quantitative estimate of drug-likeness (QED) is 0.860. The lowest BCUT2D eigenvalue weighted by atomic mass is 9.75. The number of carbonyl (C=O) groups is 1. The Balaban J connectivity index is 2.16. The normalized spacial score (nSPS) is 18.8. The Kier molecular flexibility index (Phi) is 4.66. The molecule has 1 aromatic rings. The third-order valence-corrected chi connectivity index (χ3v) is 4.41. The smallest absolute Gasteiger partial charge is 0.328 e. The van der Waals surface area contributed by atoms with E-state index in [-0.39, 0.29) is 0 Å². The fourth-order valence-electron chi connectivity index (χ4n) is 2.94. The van der Waals surface area contributed by atoms with Crippen LogP contribution in [0.1, 0.15) is 45.1 Å². The summed E-state index contributed by atoms with van der Waals surface area (Å²) in [5, 5.41) is 8.79. The molecule has 4 heteroatoms. The number of rotatable bonds is 4. The van der Waals surface area contributed by atoms with E-state index in [0.29, 0.717) is 11.5 Å². The third kappa shape index (κ3) is 4.06. The summed E-state index contributed by atoms with van der Waals surface area (Å²) >= 11 is 0. The second kappa shape index (κ2) is 6.29. The molecule has 1 N–H and O–H groups in total. The molecule has 0 saturated heterocycles. The van der Waals surface area contributed by atoms with E-state index in [9.17, 15) is 4.79 Å². The number of hydrogen-bond donors (Lipinski definition) is 1. The summed E-state index contributed by atoms with van der Waals surface area (Å²) in [6.45, 7) is 4.65. The molecule has 0 aliphatic heterocycles. The molecule has 1 aromatic heterocycles. The Morgan fingerprint density at radius 3 is 2.71 bits per heavy atom. The molecule has 1 aliphatic rings. The van der Waals surface area contributed by atoms with Gasteiger partial charge in [-0.05, 0) is 49.3 Å². The molecule has 1 saturated carbocycles. The minimum atomic E-state index is -0.938. The highest BCUT2D eigenvalue weighted by atomic mass is 16.4. The number of anilines is 1. The largest absolute Gasteiger partial charge is 0.478 e. The van der Waals surface area contributed by atoms with Crippen LogP contribution >= 0.6 is 0 Å². The van der Waals surface area contributed by atoms with Gasteiger partial charge in [0, 0.05) is 30.9 Å². The van der Waals surface area contributed by atoms with E-state index in [1.54, 1.807) is 12.3 Å². The van der Waals surface area contributed by atoms with Gasteiger partial charge in [-0.25, -0.2) is 9.78 Å². The monoisotopic (exact) mass is 288 g/mol. The zero-order valence-corrected chi connectivity index (χ0v) is 13.0. The van der Waals surface area contributed by atoms with E-state index in [1.807, 2.05) is 12.1 Å².